The smallest absolute Gasteiger partial charge is 0.269 e. The van der Waals surface area contributed by atoms with Gasteiger partial charge in [-0.1, -0.05) is 0 Å². The maximum absolute atomic E-state index is 10.6. The molecular formula is C13H14N4O2. The third-order valence-electron chi connectivity index (χ3n) is 2.84. The zero-order valence-corrected chi connectivity index (χ0v) is 10.7. The van der Waals surface area contributed by atoms with Gasteiger partial charge in [0.25, 0.3) is 5.69 Å². The summed E-state index contributed by atoms with van der Waals surface area (Å²) in [5, 5.41) is 10.6. The molecule has 19 heavy (non-hydrogen) atoms. The lowest BCUT2D eigenvalue weighted by Crippen LogP contribution is -2.09. The highest BCUT2D eigenvalue weighted by Gasteiger charge is 2.10. The molecule has 0 saturated heterocycles. The van der Waals surface area contributed by atoms with Crippen LogP contribution in [0.1, 0.15) is 24.2 Å². The highest BCUT2D eigenvalue weighted by atomic mass is 16.6. The molecule has 0 amide bonds. The van der Waals surface area contributed by atoms with Crippen molar-refractivity contribution in [3.63, 3.8) is 0 Å². The van der Waals surface area contributed by atoms with Crippen molar-refractivity contribution in [2.24, 2.45) is 5.73 Å². The molecule has 0 fully saturated rings. The first-order valence-corrected chi connectivity index (χ1v) is 5.83. The Morgan fingerprint density at radius 3 is 2.42 bits per heavy atom. The number of non-ortho nitro benzene ring substituents is 1. The molecule has 1 atom stereocenters. The van der Waals surface area contributed by atoms with E-state index in [1.165, 1.54) is 12.1 Å². The largest absolute Gasteiger partial charge is 0.324 e. The lowest BCUT2D eigenvalue weighted by Gasteiger charge is -2.09. The second-order valence-corrected chi connectivity index (χ2v) is 4.33. The fourth-order valence-corrected chi connectivity index (χ4v) is 1.79. The molecule has 2 aromatic rings. The van der Waals surface area contributed by atoms with Gasteiger partial charge in [0.1, 0.15) is 0 Å². The van der Waals surface area contributed by atoms with Crippen molar-refractivity contribution in [3.05, 3.63) is 51.8 Å². The minimum absolute atomic E-state index is 0.0488. The van der Waals surface area contributed by atoms with Crippen LogP contribution in [0.2, 0.25) is 0 Å². The average Bonchev–Trinajstić information content (AvgIpc) is 2.38. The first kappa shape index (κ1) is 13.1. The standard InChI is InChI=1S/C13H14N4O2/c1-8(14)12-7-15-13(16-9(12)2)10-3-5-11(6-4-10)17(18)19/h3-8H,14H2,1-2H3/t8-/m0/s1. The summed E-state index contributed by atoms with van der Waals surface area (Å²) in [5.74, 6) is 0.539. The van der Waals surface area contributed by atoms with Gasteiger partial charge in [0.15, 0.2) is 5.82 Å². The Labute approximate surface area is 110 Å². The molecule has 1 aromatic carbocycles. The molecule has 0 saturated carbocycles. The van der Waals surface area contributed by atoms with E-state index in [0.717, 1.165) is 16.8 Å². The van der Waals surface area contributed by atoms with Crippen molar-refractivity contribution in [2.45, 2.75) is 19.9 Å². The first-order chi connectivity index (χ1) is 8.99. The van der Waals surface area contributed by atoms with E-state index in [-0.39, 0.29) is 11.7 Å². The zero-order chi connectivity index (χ0) is 14.0. The van der Waals surface area contributed by atoms with Crippen molar-refractivity contribution in [1.29, 1.82) is 0 Å². The first-order valence-electron chi connectivity index (χ1n) is 5.83. The van der Waals surface area contributed by atoms with E-state index >= 15 is 0 Å². The SMILES string of the molecule is Cc1nc(-c2ccc([N+](=O)[O-])cc2)ncc1[C@H](C)N. The Morgan fingerprint density at radius 1 is 1.32 bits per heavy atom. The minimum Gasteiger partial charge on any atom is -0.324 e. The number of nitrogens with zero attached hydrogens (tertiary/aromatic N) is 3. The van der Waals surface area contributed by atoms with Gasteiger partial charge >= 0.3 is 0 Å². The van der Waals surface area contributed by atoms with Gasteiger partial charge in [-0.05, 0) is 26.0 Å². The van der Waals surface area contributed by atoms with Crippen LogP contribution in [0, 0.1) is 17.0 Å². The summed E-state index contributed by atoms with van der Waals surface area (Å²) in [5.41, 5.74) is 8.30. The highest BCUT2D eigenvalue weighted by molar-refractivity contribution is 5.57. The molecule has 98 valence electrons. The summed E-state index contributed by atoms with van der Waals surface area (Å²) < 4.78 is 0. The molecule has 0 aliphatic heterocycles. The second-order valence-electron chi connectivity index (χ2n) is 4.33. The molecule has 0 aliphatic rings. The number of rotatable bonds is 3. The van der Waals surface area contributed by atoms with E-state index < -0.39 is 4.92 Å². The molecule has 1 aromatic heterocycles. The Bertz CT molecular complexity index is 609. The predicted molar refractivity (Wildman–Crippen MR) is 71.5 cm³/mol. The third-order valence-corrected chi connectivity index (χ3v) is 2.84. The molecular weight excluding hydrogens is 244 g/mol. The van der Waals surface area contributed by atoms with Gasteiger partial charge in [0, 0.05) is 41.2 Å². The molecule has 0 bridgehead atoms. The fraction of sp³-hybridized carbons (Fsp3) is 0.231. The number of aromatic nitrogens is 2. The maximum atomic E-state index is 10.6. The quantitative estimate of drug-likeness (QED) is 0.673. The van der Waals surface area contributed by atoms with Crippen molar-refractivity contribution in [2.75, 3.05) is 0 Å². The van der Waals surface area contributed by atoms with Crippen LogP contribution < -0.4 is 5.73 Å². The van der Waals surface area contributed by atoms with Crippen LogP contribution in [0.15, 0.2) is 30.5 Å². The lowest BCUT2D eigenvalue weighted by atomic mass is 10.1. The third kappa shape index (κ3) is 2.74. The van der Waals surface area contributed by atoms with Gasteiger partial charge in [-0.15, -0.1) is 0 Å². The second kappa shape index (κ2) is 5.11. The van der Waals surface area contributed by atoms with Crippen LogP contribution in [-0.2, 0) is 0 Å². The van der Waals surface area contributed by atoms with Crippen molar-refractivity contribution in [1.82, 2.24) is 9.97 Å². The van der Waals surface area contributed by atoms with Gasteiger partial charge in [-0.3, -0.25) is 10.1 Å². The Hall–Kier alpha value is -2.34. The Balaban J connectivity index is 2.37. The molecule has 0 unspecified atom stereocenters. The Morgan fingerprint density at radius 2 is 1.95 bits per heavy atom. The molecule has 2 rings (SSSR count). The normalized spacial score (nSPS) is 12.2. The van der Waals surface area contributed by atoms with Crippen molar-refractivity contribution >= 4 is 5.69 Å². The number of nitrogens with two attached hydrogens (primary N) is 1. The van der Waals surface area contributed by atoms with Crippen molar-refractivity contribution < 1.29 is 4.92 Å². The van der Waals surface area contributed by atoms with E-state index in [1.807, 2.05) is 13.8 Å². The lowest BCUT2D eigenvalue weighted by molar-refractivity contribution is -0.384. The number of nitro benzene ring substituents is 1. The molecule has 0 spiro atoms. The summed E-state index contributed by atoms with van der Waals surface area (Å²) in [6.07, 6.45) is 1.70. The predicted octanol–water partition coefficient (Wildman–Crippen LogP) is 2.38. The van der Waals surface area contributed by atoms with Gasteiger partial charge in [-0.25, -0.2) is 9.97 Å². The highest BCUT2D eigenvalue weighted by Crippen LogP contribution is 2.21. The van der Waals surface area contributed by atoms with Crippen molar-refractivity contribution in [3.8, 4) is 11.4 Å². The van der Waals surface area contributed by atoms with Crippen LogP contribution in [0.4, 0.5) is 5.69 Å². The van der Waals surface area contributed by atoms with Crippen LogP contribution in [0.3, 0.4) is 0 Å². The number of benzene rings is 1. The number of aryl methyl sites for hydroxylation is 1. The average molecular weight is 258 g/mol. The van der Waals surface area contributed by atoms with Gasteiger partial charge < -0.3 is 5.73 Å². The van der Waals surface area contributed by atoms with Gasteiger partial charge in [0.05, 0.1) is 4.92 Å². The fourth-order valence-electron chi connectivity index (χ4n) is 1.79. The zero-order valence-electron chi connectivity index (χ0n) is 10.7. The Kier molecular flexibility index (Phi) is 3.52. The summed E-state index contributed by atoms with van der Waals surface area (Å²) in [7, 11) is 0. The monoisotopic (exact) mass is 258 g/mol. The van der Waals surface area contributed by atoms with Crippen LogP contribution in [0.5, 0.6) is 0 Å². The summed E-state index contributed by atoms with van der Waals surface area (Å²) in [4.78, 5) is 18.8. The van der Waals surface area contributed by atoms with E-state index in [4.69, 9.17) is 5.73 Å². The number of hydrogen-bond acceptors (Lipinski definition) is 5. The van der Waals surface area contributed by atoms with Gasteiger partial charge in [-0.2, -0.15) is 0 Å². The van der Waals surface area contributed by atoms with E-state index in [1.54, 1.807) is 18.3 Å². The van der Waals surface area contributed by atoms with Crippen LogP contribution >= 0.6 is 0 Å². The summed E-state index contributed by atoms with van der Waals surface area (Å²) in [6.45, 7) is 3.74. The van der Waals surface area contributed by atoms with Gasteiger partial charge in [0.2, 0.25) is 0 Å². The van der Waals surface area contributed by atoms with Crippen LogP contribution in [0.25, 0.3) is 11.4 Å². The molecule has 1 heterocycles. The van der Waals surface area contributed by atoms with E-state index in [0.29, 0.717) is 5.82 Å². The molecule has 0 aliphatic carbocycles. The minimum atomic E-state index is -0.435. The molecule has 6 nitrogen and oxygen atoms in total. The van der Waals surface area contributed by atoms with E-state index in [9.17, 15) is 10.1 Å². The van der Waals surface area contributed by atoms with Crippen LogP contribution in [-0.4, -0.2) is 14.9 Å². The maximum Gasteiger partial charge on any atom is 0.269 e. The molecule has 6 heteroatoms. The molecule has 2 N–H and O–H groups in total. The van der Waals surface area contributed by atoms with E-state index in [2.05, 4.69) is 9.97 Å². The molecule has 0 radical (unpaired) electrons. The topological polar surface area (TPSA) is 94.9 Å². The summed E-state index contributed by atoms with van der Waals surface area (Å²) in [6, 6.07) is 6.03. The number of hydrogen-bond donors (Lipinski definition) is 1. The number of nitro groups is 1. The summed E-state index contributed by atoms with van der Waals surface area (Å²) >= 11 is 0.